The van der Waals surface area contributed by atoms with Crippen LogP contribution in [0.25, 0.3) is 0 Å². The van der Waals surface area contributed by atoms with Gasteiger partial charge in [-0.25, -0.2) is 0 Å². The lowest BCUT2D eigenvalue weighted by Crippen LogP contribution is -2.12. The van der Waals surface area contributed by atoms with E-state index in [1.165, 1.54) is 0 Å². The Morgan fingerprint density at radius 3 is 2.88 bits per heavy atom. The van der Waals surface area contributed by atoms with Crippen LogP contribution in [0.15, 0.2) is 35.0 Å². The molecule has 0 atom stereocenters. The molecule has 0 radical (unpaired) electrons. The lowest BCUT2D eigenvalue weighted by Gasteiger charge is -2.07. The van der Waals surface area contributed by atoms with Crippen molar-refractivity contribution in [3.8, 4) is 11.5 Å². The Kier molecular flexibility index (Phi) is 3.62. The largest absolute Gasteiger partial charge is 0.507 e. The molecule has 0 aliphatic heterocycles. The number of ether oxygens (including phenoxy) is 1. The first kappa shape index (κ1) is 11.5. The fourth-order valence-corrected chi connectivity index (χ4v) is 1.47. The third-order valence-corrected chi connectivity index (χ3v) is 2.40. The third kappa shape index (κ3) is 2.98. The molecule has 0 aliphatic carbocycles. The zero-order chi connectivity index (χ0) is 12.1. The van der Waals surface area contributed by atoms with Gasteiger partial charge in [-0.2, -0.15) is 0 Å². The quantitative estimate of drug-likeness (QED) is 0.823. The average molecular weight is 234 g/mol. The number of phenolic OH excluding ortho intramolecular Hbond substituents is 1. The smallest absolute Gasteiger partial charge is 0.150 e. The van der Waals surface area contributed by atoms with Crippen LogP contribution in [0, 0.1) is 0 Å². The van der Waals surface area contributed by atoms with Gasteiger partial charge in [0.15, 0.2) is 0 Å². The van der Waals surface area contributed by atoms with E-state index in [9.17, 15) is 5.11 Å². The number of rotatable bonds is 5. The van der Waals surface area contributed by atoms with Gasteiger partial charge in [0.05, 0.1) is 19.9 Å². The fraction of sp³-hybridized carbons (Fsp3) is 0.250. The molecule has 0 spiro atoms. The van der Waals surface area contributed by atoms with Gasteiger partial charge in [-0.15, -0.1) is 0 Å². The molecule has 0 saturated carbocycles. The van der Waals surface area contributed by atoms with Crippen molar-refractivity contribution in [1.29, 1.82) is 0 Å². The first-order chi connectivity index (χ1) is 8.29. The lowest BCUT2D eigenvalue weighted by atomic mass is 10.2. The van der Waals surface area contributed by atoms with Gasteiger partial charge in [-0.3, -0.25) is 0 Å². The molecule has 5 nitrogen and oxygen atoms in total. The molecule has 5 heteroatoms. The summed E-state index contributed by atoms with van der Waals surface area (Å²) in [7, 11) is 1.57. The maximum atomic E-state index is 9.72. The van der Waals surface area contributed by atoms with E-state index in [1.54, 1.807) is 25.4 Å². The molecule has 0 amide bonds. The van der Waals surface area contributed by atoms with Crippen molar-refractivity contribution in [3.63, 3.8) is 0 Å². The van der Waals surface area contributed by atoms with E-state index >= 15 is 0 Å². The van der Waals surface area contributed by atoms with Crippen LogP contribution < -0.4 is 10.1 Å². The second-order valence-electron chi connectivity index (χ2n) is 3.58. The van der Waals surface area contributed by atoms with E-state index in [0.717, 1.165) is 11.3 Å². The minimum Gasteiger partial charge on any atom is -0.507 e. The number of benzene rings is 1. The molecule has 0 saturated heterocycles. The van der Waals surface area contributed by atoms with Crippen LogP contribution in [0.4, 0.5) is 0 Å². The molecule has 0 unspecified atom stereocenters. The molecular weight excluding hydrogens is 220 g/mol. The van der Waals surface area contributed by atoms with Crippen molar-refractivity contribution in [2.24, 2.45) is 0 Å². The van der Waals surface area contributed by atoms with E-state index in [0.29, 0.717) is 18.8 Å². The van der Waals surface area contributed by atoms with Gasteiger partial charge in [0.2, 0.25) is 0 Å². The number of aromatic nitrogens is 1. The second-order valence-corrected chi connectivity index (χ2v) is 3.58. The Labute approximate surface area is 99.0 Å². The third-order valence-electron chi connectivity index (χ3n) is 2.40. The molecule has 2 rings (SSSR count). The summed E-state index contributed by atoms with van der Waals surface area (Å²) >= 11 is 0. The van der Waals surface area contributed by atoms with Crippen molar-refractivity contribution >= 4 is 0 Å². The van der Waals surface area contributed by atoms with Crippen LogP contribution in [-0.2, 0) is 13.1 Å². The van der Waals surface area contributed by atoms with Crippen LogP contribution in [-0.4, -0.2) is 17.4 Å². The molecule has 1 aromatic heterocycles. The summed E-state index contributed by atoms with van der Waals surface area (Å²) in [5.74, 6) is 1.62. The number of aromatic hydroxyl groups is 1. The Hall–Kier alpha value is -2.01. The van der Waals surface area contributed by atoms with Gasteiger partial charge in [-0.1, -0.05) is 11.2 Å². The average Bonchev–Trinajstić information content (AvgIpc) is 2.84. The maximum absolute atomic E-state index is 9.72. The van der Waals surface area contributed by atoms with Gasteiger partial charge >= 0.3 is 0 Å². The highest BCUT2D eigenvalue weighted by Gasteiger charge is 2.03. The van der Waals surface area contributed by atoms with Gasteiger partial charge in [0.25, 0.3) is 0 Å². The van der Waals surface area contributed by atoms with Crippen molar-refractivity contribution < 1.29 is 14.4 Å². The second kappa shape index (κ2) is 5.36. The zero-order valence-corrected chi connectivity index (χ0v) is 9.51. The van der Waals surface area contributed by atoms with Crippen molar-refractivity contribution in [3.05, 3.63) is 41.8 Å². The SMILES string of the molecule is COc1ccc(CNCc2ccno2)c(O)c1. The Bertz CT molecular complexity index is 469. The molecule has 1 aromatic carbocycles. The summed E-state index contributed by atoms with van der Waals surface area (Å²) in [4.78, 5) is 0. The first-order valence-electron chi connectivity index (χ1n) is 5.26. The Balaban J connectivity index is 1.90. The predicted octanol–water partition coefficient (Wildman–Crippen LogP) is 1.68. The van der Waals surface area contributed by atoms with Gasteiger partial charge in [0.1, 0.15) is 17.3 Å². The van der Waals surface area contributed by atoms with Crippen molar-refractivity contribution in [1.82, 2.24) is 10.5 Å². The van der Waals surface area contributed by atoms with Crippen molar-refractivity contribution in [2.45, 2.75) is 13.1 Å². The van der Waals surface area contributed by atoms with E-state index in [1.807, 2.05) is 12.1 Å². The number of nitrogens with one attached hydrogen (secondary N) is 1. The standard InChI is InChI=1S/C12H14N2O3/c1-16-10-3-2-9(12(15)6-10)7-13-8-11-4-5-14-17-11/h2-6,13,15H,7-8H2,1H3. The highest BCUT2D eigenvalue weighted by atomic mass is 16.5. The predicted molar refractivity (Wildman–Crippen MR) is 61.7 cm³/mol. The molecule has 90 valence electrons. The van der Waals surface area contributed by atoms with Crippen LogP contribution in [0.3, 0.4) is 0 Å². The van der Waals surface area contributed by atoms with Crippen LogP contribution in [0.1, 0.15) is 11.3 Å². The first-order valence-corrected chi connectivity index (χ1v) is 5.26. The summed E-state index contributed by atoms with van der Waals surface area (Å²) in [5, 5.41) is 16.5. The molecule has 2 aromatic rings. The molecule has 2 N–H and O–H groups in total. The normalized spacial score (nSPS) is 10.4. The topological polar surface area (TPSA) is 67.5 Å². The minimum absolute atomic E-state index is 0.217. The number of hydrogen-bond donors (Lipinski definition) is 2. The summed E-state index contributed by atoms with van der Waals surface area (Å²) in [5.41, 5.74) is 0.810. The van der Waals surface area contributed by atoms with E-state index < -0.39 is 0 Å². The summed E-state index contributed by atoms with van der Waals surface area (Å²) in [6.07, 6.45) is 1.60. The molecule has 17 heavy (non-hydrogen) atoms. The van der Waals surface area contributed by atoms with Gasteiger partial charge in [-0.05, 0) is 6.07 Å². The summed E-state index contributed by atoms with van der Waals surface area (Å²) in [6, 6.07) is 7.01. The Morgan fingerprint density at radius 1 is 1.35 bits per heavy atom. The highest BCUT2D eigenvalue weighted by molar-refractivity contribution is 5.39. The lowest BCUT2D eigenvalue weighted by molar-refractivity contribution is 0.371. The molecule has 0 bridgehead atoms. The number of phenols is 1. The summed E-state index contributed by atoms with van der Waals surface area (Å²) < 4.78 is 9.95. The number of nitrogens with zero attached hydrogens (tertiary/aromatic N) is 1. The maximum Gasteiger partial charge on any atom is 0.150 e. The molecule has 0 fully saturated rings. The van der Waals surface area contributed by atoms with E-state index in [2.05, 4.69) is 10.5 Å². The van der Waals surface area contributed by atoms with Crippen LogP contribution in [0.5, 0.6) is 11.5 Å². The zero-order valence-electron chi connectivity index (χ0n) is 9.51. The minimum atomic E-state index is 0.217. The van der Waals surface area contributed by atoms with Crippen LogP contribution >= 0.6 is 0 Å². The molecule has 0 aliphatic rings. The summed E-state index contributed by atoms with van der Waals surface area (Å²) in [6.45, 7) is 1.13. The van der Waals surface area contributed by atoms with Crippen molar-refractivity contribution in [2.75, 3.05) is 7.11 Å². The van der Waals surface area contributed by atoms with E-state index in [-0.39, 0.29) is 5.75 Å². The molecular formula is C12H14N2O3. The molecule has 1 heterocycles. The van der Waals surface area contributed by atoms with Gasteiger partial charge in [0, 0.05) is 24.2 Å². The number of hydrogen-bond acceptors (Lipinski definition) is 5. The highest BCUT2D eigenvalue weighted by Crippen LogP contribution is 2.23. The Morgan fingerprint density at radius 2 is 2.24 bits per heavy atom. The van der Waals surface area contributed by atoms with Crippen LogP contribution in [0.2, 0.25) is 0 Å². The van der Waals surface area contributed by atoms with Gasteiger partial charge < -0.3 is 19.7 Å². The monoisotopic (exact) mass is 234 g/mol. The fourth-order valence-electron chi connectivity index (χ4n) is 1.47. The number of methoxy groups -OCH3 is 1. The van der Waals surface area contributed by atoms with E-state index in [4.69, 9.17) is 9.26 Å².